The third kappa shape index (κ3) is 3.08. The first-order chi connectivity index (χ1) is 8.18. The molecule has 94 valence electrons. The summed E-state index contributed by atoms with van der Waals surface area (Å²) in [4.78, 5) is 0. The highest BCUT2D eigenvalue weighted by molar-refractivity contribution is 5.28. The lowest BCUT2D eigenvalue weighted by Crippen LogP contribution is -2.42. The maximum Gasteiger partial charge on any atom is 0.0506 e. The summed E-state index contributed by atoms with van der Waals surface area (Å²) >= 11 is 0. The summed E-state index contributed by atoms with van der Waals surface area (Å²) in [6.45, 7) is 8.48. The van der Waals surface area contributed by atoms with Crippen LogP contribution in [0, 0.1) is 12.8 Å². The molecule has 0 saturated carbocycles. The van der Waals surface area contributed by atoms with E-state index in [1.54, 1.807) is 0 Å². The molecule has 1 saturated heterocycles. The summed E-state index contributed by atoms with van der Waals surface area (Å²) in [6, 6.07) is 9.62. The molecule has 1 aliphatic rings. The lowest BCUT2D eigenvalue weighted by molar-refractivity contribution is 0.0363. The zero-order valence-corrected chi connectivity index (χ0v) is 11.1. The van der Waals surface area contributed by atoms with Crippen molar-refractivity contribution in [2.24, 2.45) is 5.92 Å². The minimum absolute atomic E-state index is 0.418. The summed E-state index contributed by atoms with van der Waals surface area (Å²) in [5.74, 6) is 0.607. The largest absolute Gasteiger partial charge is 0.381 e. The van der Waals surface area contributed by atoms with Crippen LogP contribution in [0.2, 0.25) is 0 Å². The van der Waals surface area contributed by atoms with Crippen LogP contribution < -0.4 is 5.32 Å². The molecule has 17 heavy (non-hydrogen) atoms. The van der Waals surface area contributed by atoms with Crippen molar-refractivity contribution in [1.29, 1.82) is 0 Å². The van der Waals surface area contributed by atoms with Crippen LogP contribution in [0.25, 0.3) is 0 Å². The normalized spacial score (nSPS) is 26.8. The lowest BCUT2D eigenvalue weighted by Gasteiger charge is -2.32. The van der Waals surface area contributed by atoms with Gasteiger partial charge in [0.2, 0.25) is 0 Å². The van der Waals surface area contributed by atoms with Gasteiger partial charge in [0, 0.05) is 18.7 Å². The summed E-state index contributed by atoms with van der Waals surface area (Å²) in [5.41, 5.74) is 2.78. The van der Waals surface area contributed by atoms with E-state index in [1.807, 2.05) is 0 Å². The van der Waals surface area contributed by atoms with Gasteiger partial charge in [-0.3, -0.25) is 0 Å². The van der Waals surface area contributed by atoms with Crippen LogP contribution in [0.15, 0.2) is 24.3 Å². The summed E-state index contributed by atoms with van der Waals surface area (Å²) in [7, 11) is 0. The van der Waals surface area contributed by atoms with Crippen molar-refractivity contribution in [1.82, 2.24) is 5.32 Å². The Bertz CT molecular complexity index is 364. The molecule has 0 spiro atoms. The highest BCUT2D eigenvalue weighted by Gasteiger charge is 2.23. The molecule has 1 fully saturated rings. The number of rotatable bonds is 3. The molecule has 0 aliphatic carbocycles. The molecule has 1 aromatic carbocycles. The molecular weight excluding hydrogens is 210 g/mol. The van der Waals surface area contributed by atoms with Crippen LogP contribution in [0.5, 0.6) is 0 Å². The summed E-state index contributed by atoms with van der Waals surface area (Å²) < 4.78 is 5.48. The second kappa shape index (κ2) is 5.65. The molecule has 3 atom stereocenters. The standard InChI is InChI=1S/C15H23NO/c1-11-6-4-5-7-14(11)13(3)16-15-8-9-17-10-12(15)2/h4-7,12-13,15-16H,8-10H2,1-3H3/t12?,13-,15?/m1/s1. The molecule has 0 bridgehead atoms. The number of aryl methyl sites for hydroxylation is 1. The van der Waals surface area contributed by atoms with Gasteiger partial charge in [-0.25, -0.2) is 0 Å². The van der Waals surface area contributed by atoms with Gasteiger partial charge in [-0.1, -0.05) is 31.2 Å². The molecule has 2 heteroatoms. The van der Waals surface area contributed by atoms with Gasteiger partial charge in [0.1, 0.15) is 0 Å². The molecule has 0 aromatic heterocycles. The zero-order valence-electron chi connectivity index (χ0n) is 11.1. The molecule has 2 rings (SSSR count). The van der Waals surface area contributed by atoms with E-state index in [9.17, 15) is 0 Å². The molecule has 1 heterocycles. The van der Waals surface area contributed by atoms with Gasteiger partial charge in [-0.2, -0.15) is 0 Å². The van der Waals surface area contributed by atoms with Crippen LogP contribution in [-0.2, 0) is 4.74 Å². The average molecular weight is 233 g/mol. The van der Waals surface area contributed by atoms with Crippen LogP contribution in [0.4, 0.5) is 0 Å². The minimum Gasteiger partial charge on any atom is -0.381 e. The quantitative estimate of drug-likeness (QED) is 0.866. The van der Waals surface area contributed by atoms with Gasteiger partial charge in [0.15, 0.2) is 0 Å². The van der Waals surface area contributed by atoms with E-state index in [-0.39, 0.29) is 0 Å². The Balaban J connectivity index is 2.01. The topological polar surface area (TPSA) is 21.3 Å². The first kappa shape index (κ1) is 12.6. The second-order valence-electron chi connectivity index (χ2n) is 5.19. The molecule has 0 amide bonds. The fourth-order valence-corrected chi connectivity index (χ4v) is 2.61. The maximum atomic E-state index is 5.48. The lowest BCUT2D eigenvalue weighted by atomic mass is 9.95. The second-order valence-corrected chi connectivity index (χ2v) is 5.19. The molecular formula is C15H23NO. The van der Waals surface area contributed by atoms with Crippen LogP contribution in [-0.4, -0.2) is 19.3 Å². The molecule has 2 nitrogen and oxygen atoms in total. The predicted molar refractivity (Wildman–Crippen MR) is 71.1 cm³/mol. The highest BCUT2D eigenvalue weighted by Crippen LogP contribution is 2.21. The molecule has 2 unspecified atom stereocenters. The molecule has 1 aliphatic heterocycles. The Morgan fingerprint density at radius 3 is 2.82 bits per heavy atom. The Labute approximate surface area is 104 Å². The van der Waals surface area contributed by atoms with Gasteiger partial charge >= 0.3 is 0 Å². The fraction of sp³-hybridized carbons (Fsp3) is 0.600. The molecule has 1 aromatic rings. The summed E-state index contributed by atoms with van der Waals surface area (Å²) in [5, 5.41) is 3.75. The Kier molecular flexibility index (Phi) is 4.19. The first-order valence-electron chi connectivity index (χ1n) is 6.58. The Hall–Kier alpha value is -0.860. The Morgan fingerprint density at radius 2 is 2.12 bits per heavy atom. The number of ether oxygens (including phenoxy) is 1. The van der Waals surface area contributed by atoms with E-state index >= 15 is 0 Å². The van der Waals surface area contributed by atoms with Crippen LogP contribution >= 0.6 is 0 Å². The zero-order chi connectivity index (χ0) is 12.3. The van der Waals surface area contributed by atoms with Gasteiger partial charge in [-0.15, -0.1) is 0 Å². The maximum absolute atomic E-state index is 5.48. The highest BCUT2D eigenvalue weighted by atomic mass is 16.5. The fourth-order valence-electron chi connectivity index (χ4n) is 2.61. The smallest absolute Gasteiger partial charge is 0.0506 e. The molecule has 0 radical (unpaired) electrons. The summed E-state index contributed by atoms with van der Waals surface area (Å²) in [6.07, 6.45) is 1.12. The predicted octanol–water partition coefficient (Wildman–Crippen LogP) is 3.07. The number of hydrogen-bond acceptors (Lipinski definition) is 2. The number of hydrogen-bond donors (Lipinski definition) is 1. The van der Waals surface area contributed by atoms with E-state index in [2.05, 4.69) is 50.4 Å². The van der Waals surface area contributed by atoms with Crippen LogP contribution in [0.3, 0.4) is 0 Å². The van der Waals surface area contributed by atoms with Gasteiger partial charge in [0.25, 0.3) is 0 Å². The van der Waals surface area contributed by atoms with Crippen molar-refractivity contribution >= 4 is 0 Å². The van der Waals surface area contributed by atoms with Crippen molar-refractivity contribution < 1.29 is 4.74 Å². The van der Waals surface area contributed by atoms with Crippen molar-refractivity contribution in [3.05, 3.63) is 35.4 Å². The van der Waals surface area contributed by atoms with Crippen molar-refractivity contribution in [2.75, 3.05) is 13.2 Å². The van der Waals surface area contributed by atoms with E-state index < -0.39 is 0 Å². The monoisotopic (exact) mass is 233 g/mol. The van der Waals surface area contributed by atoms with Gasteiger partial charge in [-0.05, 0) is 37.3 Å². The van der Waals surface area contributed by atoms with Crippen molar-refractivity contribution in [2.45, 2.75) is 39.3 Å². The van der Waals surface area contributed by atoms with E-state index in [1.165, 1.54) is 11.1 Å². The van der Waals surface area contributed by atoms with Gasteiger partial charge < -0.3 is 10.1 Å². The van der Waals surface area contributed by atoms with Gasteiger partial charge in [0.05, 0.1) is 6.61 Å². The minimum atomic E-state index is 0.418. The van der Waals surface area contributed by atoms with E-state index in [0.29, 0.717) is 18.0 Å². The first-order valence-corrected chi connectivity index (χ1v) is 6.58. The number of nitrogens with one attached hydrogen (secondary N) is 1. The number of benzene rings is 1. The van der Waals surface area contributed by atoms with Crippen molar-refractivity contribution in [3.63, 3.8) is 0 Å². The Morgan fingerprint density at radius 1 is 1.35 bits per heavy atom. The van der Waals surface area contributed by atoms with E-state index in [0.717, 1.165) is 19.6 Å². The van der Waals surface area contributed by atoms with Crippen molar-refractivity contribution in [3.8, 4) is 0 Å². The SMILES string of the molecule is Cc1ccccc1[C@@H](C)NC1CCOCC1C. The third-order valence-electron chi connectivity index (χ3n) is 3.76. The average Bonchev–Trinajstić information content (AvgIpc) is 2.32. The van der Waals surface area contributed by atoms with Crippen LogP contribution in [0.1, 0.15) is 37.4 Å². The van der Waals surface area contributed by atoms with E-state index in [4.69, 9.17) is 4.74 Å². The molecule has 1 N–H and O–H groups in total. The third-order valence-corrected chi connectivity index (χ3v) is 3.76.